The molecule has 0 unspecified atom stereocenters. The van der Waals surface area contributed by atoms with Crippen molar-refractivity contribution in [2.24, 2.45) is 0 Å². The molecule has 3 nitrogen and oxygen atoms in total. The Morgan fingerprint density at radius 1 is 1.20 bits per heavy atom. The van der Waals surface area contributed by atoms with Crippen molar-refractivity contribution in [3.63, 3.8) is 0 Å². The minimum Gasteiger partial charge on any atom is -0.438 e. The van der Waals surface area contributed by atoms with Crippen molar-refractivity contribution in [3.05, 3.63) is 43.9 Å². The third kappa shape index (κ3) is 3.00. The maximum absolute atomic E-state index is 5.63. The van der Waals surface area contributed by atoms with E-state index in [1.807, 2.05) is 24.3 Å². The second-order valence-corrected chi connectivity index (χ2v) is 5.14. The van der Waals surface area contributed by atoms with Crippen LogP contribution in [0, 0.1) is 7.14 Å². The van der Waals surface area contributed by atoms with Crippen molar-refractivity contribution in [1.82, 2.24) is 9.97 Å². The Balaban J connectivity index is 2.26. The Hall–Kier alpha value is -0.440. The molecule has 0 amide bonds. The second kappa shape index (κ2) is 5.06. The average molecular weight is 424 g/mol. The van der Waals surface area contributed by atoms with Crippen LogP contribution in [-0.4, -0.2) is 9.97 Å². The quantitative estimate of drug-likeness (QED) is 0.693. The summed E-state index contributed by atoms with van der Waals surface area (Å²) in [6.07, 6.45) is 3.20. The van der Waals surface area contributed by atoms with Crippen molar-refractivity contribution in [3.8, 4) is 11.6 Å². The van der Waals surface area contributed by atoms with Crippen molar-refractivity contribution in [2.75, 3.05) is 0 Å². The Morgan fingerprint density at radius 2 is 2.07 bits per heavy atom. The van der Waals surface area contributed by atoms with Gasteiger partial charge in [-0.25, -0.2) is 9.97 Å². The lowest BCUT2D eigenvalue weighted by molar-refractivity contribution is 0.457. The molecule has 0 fully saturated rings. The van der Waals surface area contributed by atoms with Gasteiger partial charge in [-0.15, -0.1) is 0 Å². The summed E-state index contributed by atoms with van der Waals surface area (Å²) in [6.45, 7) is 0. The van der Waals surface area contributed by atoms with Gasteiger partial charge in [-0.3, -0.25) is 0 Å². The third-order valence-electron chi connectivity index (χ3n) is 1.64. The van der Waals surface area contributed by atoms with Gasteiger partial charge in [0.15, 0.2) is 0 Å². The molecule has 0 radical (unpaired) electrons. The Morgan fingerprint density at radius 3 is 2.80 bits per heavy atom. The molecule has 1 aromatic heterocycles. The monoisotopic (exact) mass is 424 g/mol. The number of aromatic nitrogens is 2. The van der Waals surface area contributed by atoms with Crippen LogP contribution in [0.15, 0.2) is 36.8 Å². The fourth-order valence-electron chi connectivity index (χ4n) is 1.02. The van der Waals surface area contributed by atoms with Gasteiger partial charge in [0.05, 0.1) is 3.57 Å². The van der Waals surface area contributed by atoms with Gasteiger partial charge in [0.1, 0.15) is 12.1 Å². The van der Waals surface area contributed by atoms with Crippen molar-refractivity contribution >= 4 is 45.2 Å². The molecule has 1 aromatic carbocycles. The first kappa shape index (κ1) is 11.1. The topological polar surface area (TPSA) is 35.0 Å². The highest BCUT2D eigenvalue weighted by Gasteiger charge is 2.03. The first-order chi connectivity index (χ1) is 7.25. The van der Waals surface area contributed by atoms with E-state index in [2.05, 4.69) is 55.1 Å². The molecule has 0 atom stereocenters. The Bertz CT molecular complexity index is 476. The maximum Gasteiger partial charge on any atom is 0.235 e. The Labute approximate surface area is 115 Å². The molecule has 15 heavy (non-hydrogen) atoms. The van der Waals surface area contributed by atoms with Crippen molar-refractivity contribution in [2.45, 2.75) is 0 Å². The van der Waals surface area contributed by atoms with E-state index in [1.54, 1.807) is 6.20 Å². The standard InChI is InChI=1S/C10H6I2N2O/c11-7-2-1-3-8(4-7)15-10-9(12)5-13-6-14-10/h1-6H. The molecule has 76 valence electrons. The van der Waals surface area contributed by atoms with E-state index in [9.17, 15) is 0 Å². The molecule has 0 saturated heterocycles. The molecule has 0 saturated carbocycles. The van der Waals surface area contributed by atoms with Gasteiger partial charge in [-0.1, -0.05) is 6.07 Å². The maximum atomic E-state index is 5.63. The summed E-state index contributed by atoms with van der Waals surface area (Å²) in [5.74, 6) is 1.38. The minimum absolute atomic E-state index is 0.590. The lowest BCUT2D eigenvalue weighted by Crippen LogP contribution is -1.91. The van der Waals surface area contributed by atoms with Gasteiger partial charge in [0.2, 0.25) is 5.88 Å². The fourth-order valence-corrected chi connectivity index (χ4v) is 1.94. The second-order valence-electron chi connectivity index (χ2n) is 2.74. The lowest BCUT2D eigenvalue weighted by Gasteiger charge is -2.05. The van der Waals surface area contributed by atoms with Crippen LogP contribution in [0.5, 0.6) is 11.6 Å². The number of benzene rings is 1. The summed E-state index contributed by atoms with van der Waals surface area (Å²) in [5.41, 5.74) is 0. The lowest BCUT2D eigenvalue weighted by atomic mass is 10.3. The number of hydrogen-bond acceptors (Lipinski definition) is 3. The van der Waals surface area contributed by atoms with E-state index in [0.717, 1.165) is 12.9 Å². The van der Waals surface area contributed by atoms with Crippen molar-refractivity contribution in [1.29, 1.82) is 0 Å². The highest BCUT2D eigenvalue weighted by molar-refractivity contribution is 14.1. The predicted octanol–water partition coefficient (Wildman–Crippen LogP) is 3.48. The van der Waals surface area contributed by atoms with Crippen LogP contribution < -0.4 is 4.74 Å². The van der Waals surface area contributed by atoms with Crippen molar-refractivity contribution < 1.29 is 4.74 Å². The van der Waals surface area contributed by atoms with Gasteiger partial charge in [0.25, 0.3) is 0 Å². The molecule has 0 aliphatic carbocycles. The van der Waals surface area contributed by atoms with Crippen LogP contribution >= 0.6 is 45.2 Å². The molecular formula is C10H6I2N2O. The number of halogens is 2. The van der Waals surface area contributed by atoms with Crippen LogP contribution in [0.25, 0.3) is 0 Å². The first-order valence-corrected chi connectivity index (χ1v) is 6.30. The SMILES string of the molecule is Ic1cccc(Oc2ncncc2I)c1. The smallest absolute Gasteiger partial charge is 0.235 e. The fraction of sp³-hybridized carbons (Fsp3) is 0. The van der Waals surface area contributed by atoms with Crippen LogP contribution in [0.1, 0.15) is 0 Å². The molecule has 0 aliphatic heterocycles. The molecule has 2 rings (SSSR count). The number of nitrogens with zero attached hydrogens (tertiary/aromatic N) is 2. The van der Waals surface area contributed by atoms with Crippen LogP contribution in [0.3, 0.4) is 0 Å². The van der Waals surface area contributed by atoms with Gasteiger partial charge in [0, 0.05) is 9.77 Å². The Kier molecular flexibility index (Phi) is 3.73. The van der Waals surface area contributed by atoms with Gasteiger partial charge < -0.3 is 4.74 Å². The van der Waals surface area contributed by atoms with Gasteiger partial charge >= 0.3 is 0 Å². The van der Waals surface area contributed by atoms with E-state index >= 15 is 0 Å². The van der Waals surface area contributed by atoms with Crippen LogP contribution in [0.2, 0.25) is 0 Å². The molecule has 0 aliphatic rings. The third-order valence-corrected chi connectivity index (χ3v) is 3.06. The summed E-state index contributed by atoms with van der Waals surface area (Å²) < 4.78 is 7.66. The molecule has 0 bridgehead atoms. The van der Waals surface area contributed by atoms with E-state index in [1.165, 1.54) is 6.33 Å². The van der Waals surface area contributed by atoms with E-state index in [0.29, 0.717) is 5.88 Å². The van der Waals surface area contributed by atoms with Gasteiger partial charge in [-0.05, 0) is 63.4 Å². The number of ether oxygens (including phenoxy) is 1. The molecule has 2 aromatic rings. The summed E-state index contributed by atoms with van der Waals surface area (Å²) in [7, 11) is 0. The summed E-state index contributed by atoms with van der Waals surface area (Å²) >= 11 is 4.39. The molecule has 1 heterocycles. The van der Waals surface area contributed by atoms with Crippen LogP contribution in [-0.2, 0) is 0 Å². The highest BCUT2D eigenvalue weighted by Crippen LogP contribution is 2.24. The molecular weight excluding hydrogens is 418 g/mol. The number of hydrogen-bond donors (Lipinski definition) is 0. The number of rotatable bonds is 2. The van der Waals surface area contributed by atoms with E-state index in [4.69, 9.17) is 4.74 Å². The van der Waals surface area contributed by atoms with E-state index in [-0.39, 0.29) is 0 Å². The summed E-state index contributed by atoms with van der Waals surface area (Å²) in [5, 5.41) is 0. The zero-order chi connectivity index (χ0) is 10.7. The zero-order valence-electron chi connectivity index (χ0n) is 7.52. The normalized spacial score (nSPS) is 10.0. The average Bonchev–Trinajstić information content (AvgIpc) is 2.22. The molecule has 5 heteroatoms. The largest absolute Gasteiger partial charge is 0.438 e. The first-order valence-electron chi connectivity index (χ1n) is 4.14. The highest BCUT2D eigenvalue weighted by atomic mass is 127. The predicted molar refractivity (Wildman–Crippen MR) is 74.0 cm³/mol. The van der Waals surface area contributed by atoms with Gasteiger partial charge in [-0.2, -0.15) is 0 Å². The summed E-state index contributed by atoms with van der Waals surface area (Å²) in [6, 6.07) is 7.82. The molecule has 0 spiro atoms. The summed E-state index contributed by atoms with van der Waals surface area (Å²) in [4.78, 5) is 7.96. The zero-order valence-corrected chi connectivity index (χ0v) is 11.8. The minimum atomic E-state index is 0.590. The molecule has 0 N–H and O–H groups in total. The van der Waals surface area contributed by atoms with E-state index < -0.39 is 0 Å². The van der Waals surface area contributed by atoms with Crippen LogP contribution in [0.4, 0.5) is 0 Å².